The molecule has 9 heteroatoms. The summed E-state index contributed by atoms with van der Waals surface area (Å²) < 4.78 is 37.4. The summed E-state index contributed by atoms with van der Waals surface area (Å²) in [5, 5.41) is 11.5. The van der Waals surface area contributed by atoms with E-state index in [1.54, 1.807) is 24.3 Å². The summed E-state index contributed by atoms with van der Waals surface area (Å²) in [6.07, 6.45) is 1.58. The smallest absolute Gasteiger partial charge is 0.312 e. The standard InChI is InChI=1S/C17H18N2O6S/c1-24-16-6-2-3-7-17(16)25-15-9-8-13(12-14(15)19(20)21)26(22,23)18-10-4-5-11-18/h2-3,6-9,12H,4-5,10-11H2,1H3. The van der Waals surface area contributed by atoms with E-state index in [0.717, 1.165) is 18.9 Å². The van der Waals surface area contributed by atoms with Crippen LogP contribution in [0.4, 0.5) is 5.69 Å². The third-order valence-corrected chi connectivity index (χ3v) is 6.01. The summed E-state index contributed by atoms with van der Waals surface area (Å²) in [7, 11) is -2.29. The summed E-state index contributed by atoms with van der Waals surface area (Å²) in [5.74, 6) is 0.656. The molecule has 1 aliphatic heterocycles. The second-order valence-electron chi connectivity index (χ2n) is 5.75. The first-order valence-electron chi connectivity index (χ1n) is 8.03. The van der Waals surface area contributed by atoms with Crippen molar-refractivity contribution in [2.45, 2.75) is 17.7 Å². The van der Waals surface area contributed by atoms with Gasteiger partial charge in [0, 0.05) is 19.2 Å². The van der Waals surface area contributed by atoms with Gasteiger partial charge in [-0.3, -0.25) is 10.1 Å². The molecule has 8 nitrogen and oxygen atoms in total. The van der Waals surface area contributed by atoms with Crippen LogP contribution in [-0.4, -0.2) is 37.8 Å². The van der Waals surface area contributed by atoms with Crippen LogP contribution in [0.15, 0.2) is 47.4 Å². The van der Waals surface area contributed by atoms with Crippen LogP contribution in [0.1, 0.15) is 12.8 Å². The fraction of sp³-hybridized carbons (Fsp3) is 0.294. The van der Waals surface area contributed by atoms with Crippen molar-refractivity contribution < 1.29 is 22.8 Å². The van der Waals surface area contributed by atoms with Crippen molar-refractivity contribution >= 4 is 15.7 Å². The summed E-state index contributed by atoms with van der Waals surface area (Å²) in [6, 6.07) is 10.4. The van der Waals surface area contributed by atoms with Gasteiger partial charge < -0.3 is 9.47 Å². The minimum Gasteiger partial charge on any atom is -0.493 e. The molecular formula is C17H18N2O6S. The maximum atomic E-state index is 12.6. The Hall–Kier alpha value is -2.65. The van der Waals surface area contributed by atoms with Crippen molar-refractivity contribution in [2.24, 2.45) is 0 Å². The molecule has 1 heterocycles. The van der Waals surface area contributed by atoms with E-state index in [4.69, 9.17) is 9.47 Å². The second-order valence-corrected chi connectivity index (χ2v) is 7.69. The molecule has 1 fully saturated rings. The van der Waals surface area contributed by atoms with Crippen LogP contribution in [-0.2, 0) is 10.0 Å². The van der Waals surface area contributed by atoms with Crippen molar-refractivity contribution in [3.05, 3.63) is 52.6 Å². The second kappa shape index (κ2) is 7.30. The number of hydrogen-bond acceptors (Lipinski definition) is 6. The molecule has 2 aromatic carbocycles. The minimum absolute atomic E-state index is 0.0557. The third-order valence-electron chi connectivity index (χ3n) is 4.12. The van der Waals surface area contributed by atoms with Crippen LogP contribution in [0.3, 0.4) is 0 Å². The Kier molecular flexibility index (Phi) is 5.10. The van der Waals surface area contributed by atoms with Gasteiger partial charge in [-0.05, 0) is 37.1 Å². The highest BCUT2D eigenvalue weighted by atomic mass is 32.2. The minimum atomic E-state index is -3.75. The van der Waals surface area contributed by atoms with Crippen molar-refractivity contribution in [3.8, 4) is 17.2 Å². The Morgan fingerprint density at radius 2 is 1.69 bits per heavy atom. The van der Waals surface area contributed by atoms with Gasteiger partial charge in [-0.15, -0.1) is 0 Å². The molecule has 26 heavy (non-hydrogen) atoms. The van der Waals surface area contributed by atoms with Crippen LogP contribution in [0.2, 0.25) is 0 Å². The highest BCUT2D eigenvalue weighted by Crippen LogP contribution is 2.37. The zero-order valence-corrected chi connectivity index (χ0v) is 14.9. The third kappa shape index (κ3) is 3.49. The number of methoxy groups -OCH3 is 1. The van der Waals surface area contributed by atoms with Gasteiger partial charge in [0.05, 0.1) is 16.9 Å². The molecule has 0 unspecified atom stereocenters. The zero-order chi connectivity index (χ0) is 18.7. The Labute approximate surface area is 151 Å². The maximum Gasteiger partial charge on any atom is 0.312 e. The van der Waals surface area contributed by atoms with Gasteiger partial charge >= 0.3 is 5.69 Å². The molecule has 1 saturated heterocycles. The van der Waals surface area contributed by atoms with Gasteiger partial charge in [0.1, 0.15) is 0 Å². The molecule has 0 spiro atoms. The number of hydrogen-bond donors (Lipinski definition) is 0. The van der Waals surface area contributed by atoms with Crippen molar-refractivity contribution in [1.82, 2.24) is 4.31 Å². The predicted octanol–water partition coefficient (Wildman–Crippen LogP) is 3.18. The van der Waals surface area contributed by atoms with Gasteiger partial charge in [0.25, 0.3) is 0 Å². The average Bonchev–Trinajstić information content (AvgIpc) is 3.17. The van der Waals surface area contributed by atoms with Gasteiger partial charge in [0.2, 0.25) is 15.8 Å². The zero-order valence-electron chi connectivity index (χ0n) is 14.1. The van der Waals surface area contributed by atoms with Crippen LogP contribution in [0.5, 0.6) is 17.2 Å². The summed E-state index contributed by atoms with van der Waals surface area (Å²) in [5.41, 5.74) is -0.420. The lowest BCUT2D eigenvalue weighted by Crippen LogP contribution is -2.27. The van der Waals surface area contributed by atoms with Crippen LogP contribution >= 0.6 is 0 Å². The molecule has 0 bridgehead atoms. The monoisotopic (exact) mass is 378 g/mol. The van der Waals surface area contributed by atoms with E-state index in [9.17, 15) is 18.5 Å². The topological polar surface area (TPSA) is 99.0 Å². The fourth-order valence-electron chi connectivity index (χ4n) is 2.79. The molecule has 3 rings (SSSR count). The van der Waals surface area contributed by atoms with E-state index in [1.165, 1.54) is 23.5 Å². The normalized spacial score (nSPS) is 15.0. The lowest BCUT2D eigenvalue weighted by molar-refractivity contribution is -0.385. The number of nitro groups is 1. The maximum absolute atomic E-state index is 12.6. The number of ether oxygens (including phenoxy) is 2. The first-order valence-corrected chi connectivity index (χ1v) is 9.47. The van der Waals surface area contributed by atoms with E-state index < -0.39 is 20.6 Å². The lowest BCUT2D eigenvalue weighted by atomic mass is 10.3. The SMILES string of the molecule is COc1ccccc1Oc1ccc(S(=O)(=O)N2CCCC2)cc1[N+](=O)[O-]. The molecule has 0 amide bonds. The van der Waals surface area contributed by atoms with Gasteiger partial charge in [0.15, 0.2) is 11.5 Å². The lowest BCUT2D eigenvalue weighted by Gasteiger charge is -2.16. The number of para-hydroxylation sites is 2. The summed E-state index contributed by atoms with van der Waals surface area (Å²) in [4.78, 5) is 10.7. The largest absolute Gasteiger partial charge is 0.493 e. The first-order chi connectivity index (χ1) is 12.4. The quantitative estimate of drug-likeness (QED) is 0.565. The molecule has 0 aromatic heterocycles. The molecule has 2 aromatic rings. The molecule has 0 N–H and O–H groups in total. The molecule has 0 saturated carbocycles. The molecule has 138 valence electrons. The highest BCUT2D eigenvalue weighted by molar-refractivity contribution is 7.89. The summed E-state index contributed by atoms with van der Waals surface area (Å²) in [6.45, 7) is 0.852. The predicted molar refractivity (Wildman–Crippen MR) is 94.2 cm³/mol. The van der Waals surface area contributed by atoms with Gasteiger partial charge in [-0.2, -0.15) is 4.31 Å². The Morgan fingerprint density at radius 3 is 2.31 bits per heavy atom. The van der Waals surface area contributed by atoms with Crippen molar-refractivity contribution in [1.29, 1.82) is 0 Å². The van der Waals surface area contributed by atoms with Crippen molar-refractivity contribution in [2.75, 3.05) is 20.2 Å². The first kappa shape index (κ1) is 18.2. The van der Waals surface area contributed by atoms with E-state index in [-0.39, 0.29) is 10.6 Å². The number of nitro benzene ring substituents is 1. The van der Waals surface area contributed by atoms with Crippen molar-refractivity contribution in [3.63, 3.8) is 0 Å². The Balaban J connectivity index is 1.99. The molecule has 0 atom stereocenters. The Morgan fingerprint density at radius 1 is 1.04 bits per heavy atom. The number of sulfonamides is 1. The molecule has 0 aliphatic carbocycles. The fourth-order valence-corrected chi connectivity index (χ4v) is 4.32. The number of nitrogens with zero attached hydrogens (tertiary/aromatic N) is 2. The van der Waals surface area contributed by atoms with Crippen LogP contribution in [0.25, 0.3) is 0 Å². The number of benzene rings is 2. The molecule has 0 radical (unpaired) electrons. The van der Waals surface area contributed by atoms with Crippen LogP contribution < -0.4 is 9.47 Å². The number of rotatable bonds is 6. The molecular weight excluding hydrogens is 360 g/mol. The highest BCUT2D eigenvalue weighted by Gasteiger charge is 2.30. The van der Waals surface area contributed by atoms with E-state index in [0.29, 0.717) is 24.6 Å². The Bertz CT molecular complexity index is 923. The van der Waals surface area contributed by atoms with Gasteiger partial charge in [-0.1, -0.05) is 12.1 Å². The van der Waals surface area contributed by atoms with Crippen LogP contribution in [0, 0.1) is 10.1 Å². The van der Waals surface area contributed by atoms with E-state index in [2.05, 4.69) is 0 Å². The van der Waals surface area contributed by atoms with Gasteiger partial charge in [-0.25, -0.2) is 8.42 Å². The summed E-state index contributed by atoms with van der Waals surface area (Å²) >= 11 is 0. The average molecular weight is 378 g/mol. The van der Waals surface area contributed by atoms with E-state index >= 15 is 0 Å². The van der Waals surface area contributed by atoms with E-state index in [1.807, 2.05) is 0 Å². The molecule has 1 aliphatic rings.